The Labute approximate surface area is 161 Å². The predicted octanol–water partition coefficient (Wildman–Crippen LogP) is 5.20. The van der Waals surface area contributed by atoms with Gasteiger partial charge < -0.3 is 9.47 Å². The van der Waals surface area contributed by atoms with E-state index in [-0.39, 0.29) is 5.91 Å². The Hall–Kier alpha value is -2.62. The molecule has 142 valence electrons. The van der Waals surface area contributed by atoms with E-state index in [9.17, 15) is 4.79 Å². The molecule has 0 bridgehead atoms. The van der Waals surface area contributed by atoms with Gasteiger partial charge in [0.15, 0.2) is 0 Å². The summed E-state index contributed by atoms with van der Waals surface area (Å²) in [4.78, 5) is 19.9. The van der Waals surface area contributed by atoms with E-state index in [0.717, 1.165) is 60.3 Å². The van der Waals surface area contributed by atoms with Gasteiger partial charge in [-0.3, -0.25) is 4.79 Å². The molecule has 1 aromatic heterocycles. The molecule has 0 saturated heterocycles. The van der Waals surface area contributed by atoms with Gasteiger partial charge >= 0.3 is 0 Å². The van der Waals surface area contributed by atoms with Crippen LogP contribution in [0, 0.1) is 6.92 Å². The molecule has 1 amide bonds. The molecule has 3 rings (SSSR count). The van der Waals surface area contributed by atoms with Gasteiger partial charge in [-0.2, -0.15) is 0 Å². The van der Waals surface area contributed by atoms with Crippen molar-refractivity contribution in [2.45, 2.75) is 53.1 Å². The van der Waals surface area contributed by atoms with Crippen LogP contribution in [-0.4, -0.2) is 26.9 Å². The van der Waals surface area contributed by atoms with E-state index in [1.165, 1.54) is 0 Å². The van der Waals surface area contributed by atoms with Crippen molar-refractivity contribution >= 4 is 16.9 Å². The van der Waals surface area contributed by atoms with Crippen LogP contribution in [0.1, 0.15) is 54.9 Å². The molecule has 0 radical (unpaired) electrons. The van der Waals surface area contributed by atoms with Crippen LogP contribution in [0.5, 0.6) is 0 Å². The van der Waals surface area contributed by atoms with Gasteiger partial charge in [0.1, 0.15) is 5.82 Å². The lowest BCUT2D eigenvalue weighted by molar-refractivity contribution is 0.0737. The third kappa shape index (κ3) is 4.38. The summed E-state index contributed by atoms with van der Waals surface area (Å²) in [6.07, 6.45) is 3.16. The number of carbonyl (C=O) groups is 1. The van der Waals surface area contributed by atoms with Gasteiger partial charge in [-0.25, -0.2) is 4.98 Å². The van der Waals surface area contributed by atoms with Crippen molar-refractivity contribution in [3.05, 3.63) is 65.5 Å². The van der Waals surface area contributed by atoms with Crippen LogP contribution in [-0.2, 0) is 13.1 Å². The molecule has 0 unspecified atom stereocenters. The lowest BCUT2D eigenvalue weighted by atomic mass is 10.1. The normalized spacial score (nSPS) is 11.1. The number of hydrogen-bond acceptors (Lipinski definition) is 2. The number of aromatic nitrogens is 2. The second-order valence-electron chi connectivity index (χ2n) is 7.12. The SMILES string of the molecule is CCCCn1c(CN(CCC)C(=O)c2cccc(C)c2)nc2ccccc21. The smallest absolute Gasteiger partial charge is 0.254 e. The van der Waals surface area contributed by atoms with E-state index in [1.54, 1.807) is 0 Å². The van der Waals surface area contributed by atoms with Crippen LogP contribution >= 0.6 is 0 Å². The first-order valence-corrected chi connectivity index (χ1v) is 9.94. The monoisotopic (exact) mass is 363 g/mol. The minimum absolute atomic E-state index is 0.0784. The van der Waals surface area contributed by atoms with Crippen molar-refractivity contribution in [2.75, 3.05) is 6.54 Å². The molecule has 27 heavy (non-hydrogen) atoms. The maximum absolute atomic E-state index is 13.1. The summed E-state index contributed by atoms with van der Waals surface area (Å²) in [7, 11) is 0. The second-order valence-corrected chi connectivity index (χ2v) is 7.12. The maximum Gasteiger partial charge on any atom is 0.254 e. The van der Waals surface area contributed by atoms with Crippen molar-refractivity contribution in [1.29, 1.82) is 0 Å². The number of nitrogens with zero attached hydrogens (tertiary/aromatic N) is 3. The number of carbonyl (C=O) groups excluding carboxylic acids is 1. The first-order chi connectivity index (χ1) is 13.1. The number of amides is 1. The molecule has 0 N–H and O–H groups in total. The second kappa shape index (κ2) is 8.85. The average molecular weight is 364 g/mol. The Bertz CT molecular complexity index is 913. The van der Waals surface area contributed by atoms with E-state index in [0.29, 0.717) is 6.54 Å². The van der Waals surface area contributed by atoms with Crippen LogP contribution in [0.15, 0.2) is 48.5 Å². The highest BCUT2D eigenvalue weighted by Crippen LogP contribution is 2.19. The molecule has 0 aliphatic carbocycles. The van der Waals surface area contributed by atoms with Gasteiger partial charge in [-0.15, -0.1) is 0 Å². The van der Waals surface area contributed by atoms with E-state index >= 15 is 0 Å². The van der Waals surface area contributed by atoms with Crippen molar-refractivity contribution in [3.8, 4) is 0 Å². The molecule has 0 atom stereocenters. The zero-order valence-corrected chi connectivity index (χ0v) is 16.6. The first-order valence-electron chi connectivity index (χ1n) is 9.94. The van der Waals surface area contributed by atoms with E-state index in [4.69, 9.17) is 4.98 Å². The van der Waals surface area contributed by atoms with Crippen molar-refractivity contribution in [1.82, 2.24) is 14.5 Å². The van der Waals surface area contributed by atoms with Gasteiger partial charge in [-0.1, -0.05) is 50.1 Å². The van der Waals surface area contributed by atoms with Crippen LogP contribution < -0.4 is 0 Å². The molecule has 2 aromatic carbocycles. The number of benzene rings is 2. The van der Waals surface area contributed by atoms with Crippen molar-refractivity contribution in [3.63, 3.8) is 0 Å². The first kappa shape index (κ1) is 19.2. The quantitative estimate of drug-likeness (QED) is 0.552. The van der Waals surface area contributed by atoms with Crippen LogP contribution in [0.2, 0.25) is 0 Å². The average Bonchev–Trinajstić information content (AvgIpc) is 3.02. The highest BCUT2D eigenvalue weighted by molar-refractivity contribution is 5.94. The molecule has 0 spiro atoms. The van der Waals surface area contributed by atoms with Gasteiger partial charge in [0.25, 0.3) is 5.91 Å². The summed E-state index contributed by atoms with van der Waals surface area (Å²) in [5, 5.41) is 0. The zero-order valence-electron chi connectivity index (χ0n) is 16.6. The Morgan fingerprint density at radius 2 is 1.89 bits per heavy atom. The summed E-state index contributed by atoms with van der Waals surface area (Å²) in [6.45, 7) is 8.53. The maximum atomic E-state index is 13.1. The van der Waals surface area contributed by atoms with Crippen LogP contribution in [0.25, 0.3) is 11.0 Å². The van der Waals surface area contributed by atoms with Crippen molar-refractivity contribution in [2.24, 2.45) is 0 Å². The number of aryl methyl sites for hydroxylation is 2. The van der Waals surface area contributed by atoms with Gasteiger partial charge in [0.05, 0.1) is 17.6 Å². The zero-order chi connectivity index (χ0) is 19.2. The molecule has 0 aliphatic heterocycles. The number of hydrogen-bond donors (Lipinski definition) is 0. The molecule has 4 heteroatoms. The van der Waals surface area contributed by atoms with Gasteiger partial charge in [0.2, 0.25) is 0 Å². The molecular weight excluding hydrogens is 334 g/mol. The fourth-order valence-corrected chi connectivity index (χ4v) is 3.47. The predicted molar refractivity (Wildman–Crippen MR) is 111 cm³/mol. The third-order valence-corrected chi connectivity index (χ3v) is 4.85. The van der Waals surface area contributed by atoms with Gasteiger partial charge in [-0.05, 0) is 44.0 Å². The highest BCUT2D eigenvalue weighted by atomic mass is 16.2. The summed E-state index contributed by atoms with van der Waals surface area (Å²) >= 11 is 0. The Kier molecular flexibility index (Phi) is 6.28. The molecule has 4 nitrogen and oxygen atoms in total. The number of fused-ring (bicyclic) bond motifs is 1. The lowest BCUT2D eigenvalue weighted by Crippen LogP contribution is -2.32. The highest BCUT2D eigenvalue weighted by Gasteiger charge is 2.19. The fraction of sp³-hybridized carbons (Fsp3) is 0.391. The summed E-state index contributed by atoms with van der Waals surface area (Å²) in [6, 6.07) is 16.1. The van der Waals surface area contributed by atoms with E-state index < -0.39 is 0 Å². The minimum atomic E-state index is 0.0784. The Balaban J connectivity index is 1.93. The summed E-state index contributed by atoms with van der Waals surface area (Å²) in [5.74, 6) is 1.05. The number of imidazole rings is 1. The standard InChI is InChI=1S/C23H29N3O/c1-4-6-15-26-21-13-8-7-12-20(21)24-22(26)17-25(14-5-2)23(27)19-11-9-10-18(3)16-19/h7-13,16H,4-6,14-15,17H2,1-3H3. The van der Waals surface area contributed by atoms with Crippen LogP contribution in [0.3, 0.4) is 0 Å². The molecule has 3 aromatic rings. The topological polar surface area (TPSA) is 38.1 Å². The molecular formula is C23H29N3O. The van der Waals surface area contributed by atoms with Crippen molar-refractivity contribution < 1.29 is 4.79 Å². The fourth-order valence-electron chi connectivity index (χ4n) is 3.47. The van der Waals surface area contributed by atoms with E-state index in [1.807, 2.05) is 48.2 Å². The van der Waals surface area contributed by atoms with Crippen LogP contribution in [0.4, 0.5) is 0 Å². The number of para-hydroxylation sites is 2. The van der Waals surface area contributed by atoms with E-state index in [2.05, 4.69) is 30.5 Å². The lowest BCUT2D eigenvalue weighted by Gasteiger charge is -2.23. The summed E-state index contributed by atoms with van der Waals surface area (Å²) in [5.41, 5.74) is 4.01. The Morgan fingerprint density at radius 3 is 2.63 bits per heavy atom. The number of unbranched alkanes of at least 4 members (excludes halogenated alkanes) is 1. The summed E-state index contributed by atoms with van der Waals surface area (Å²) < 4.78 is 2.28. The Morgan fingerprint density at radius 1 is 1.07 bits per heavy atom. The molecule has 0 aliphatic rings. The molecule has 0 fully saturated rings. The molecule has 1 heterocycles. The largest absolute Gasteiger partial charge is 0.331 e. The minimum Gasteiger partial charge on any atom is -0.331 e. The third-order valence-electron chi connectivity index (χ3n) is 4.85. The molecule has 0 saturated carbocycles. The van der Waals surface area contributed by atoms with Gasteiger partial charge in [0, 0.05) is 18.7 Å². The number of rotatable bonds is 8.